The Morgan fingerprint density at radius 3 is 2.50 bits per heavy atom. The van der Waals surface area contributed by atoms with Crippen molar-refractivity contribution in [1.29, 1.82) is 0 Å². The third kappa shape index (κ3) is 2.03. The van der Waals surface area contributed by atoms with E-state index in [1.165, 1.54) is 0 Å². The Hall–Kier alpha value is 0.0483. The van der Waals surface area contributed by atoms with Crippen LogP contribution < -0.4 is 5.73 Å². The molecule has 3 nitrogen and oxygen atoms in total. The molecule has 0 aromatic carbocycles. The smallest absolute Gasteiger partial charge is 0.0264 e. The van der Waals surface area contributed by atoms with Crippen molar-refractivity contribution in [1.82, 2.24) is 9.97 Å². The van der Waals surface area contributed by atoms with Crippen molar-refractivity contribution in [2.24, 2.45) is 0 Å². The third-order valence-electron chi connectivity index (χ3n) is 0.931. The van der Waals surface area contributed by atoms with E-state index < -0.39 is 0 Å². The average molecular weight is 371 g/mol. The van der Waals surface area contributed by atoms with Crippen LogP contribution in [0.1, 0.15) is 5.69 Å². The summed E-state index contributed by atoms with van der Waals surface area (Å²) >= 11 is 3.21. The van der Waals surface area contributed by atoms with Crippen LogP contribution in [0.3, 0.4) is 0 Å². The number of aryl methyl sites for hydroxylation is 1. The molecule has 0 radical (unpaired) electrons. The maximum atomic E-state index is 5.39. The van der Waals surface area contributed by atoms with Crippen molar-refractivity contribution < 1.29 is 21.1 Å². The third-order valence-corrected chi connectivity index (χ3v) is 1.91. The first-order valence-corrected chi connectivity index (χ1v) is 3.17. The van der Waals surface area contributed by atoms with Gasteiger partial charge in [0.05, 0.1) is 0 Å². The van der Waals surface area contributed by atoms with Gasteiger partial charge in [0.15, 0.2) is 0 Å². The van der Waals surface area contributed by atoms with Gasteiger partial charge in [-0.25, -0.2) is 0 Å². The summed E-state index contributed by atoms with van der Waals surface area (Å²) in [7, 11) is 0. The monoisotopic (exact) mass is 370 g/mol. The molecule has 0 aliphatic rings. The Balaban J connectivity index is 0.000000810. The number of hydrogen-bond donors (Lipinski definition) is 1. The first-order valence-electron chi connectivity index (χ1n) is 2.37. The van der Waals surface area contributed by atoms with Crippen molar-refractivity contribution in [3.05, 3.63) is 16.5 Å². The Labute approximate surface area is 81.8 Å². The van der Waals surface area contributed by atoms with E-state index in [0.717, 1.165) is 10.2 Å². The van der Waals surface area contributed by atoms with Gasteiger partial charge in [-0.3, -0.25) is 0 Å². The van der Waals surface area contributed by atoms with E-state index in [0.29, 0.717) is 5.82 Å². The van der Waals surface area contributed by atoms with Gasteiger partial charge >= 0.3 is 0 Å². The Bertz CT molecular complexity index is 208. The Kier molecular flexibility index (Phi) is 4.06. The summed E-state index contributed by atoms with van der Waals surface area (Å²) in [5.41, 5.74) is 6.20. The molecule has 0 aliphatic heterocycles. The molecule has 1 heterocycles. The van der Waals surface area contributed by atoms with E-state index in [1.54, 1.807) is 0 Å². The minimum Gasteiger partial charge on any atom is -0.434 e. The van der Waals surface area contributed by atoms with Crippen molar-refractivity contribution in [2.75, 3.05) is 5.73 Å². The second-order valence-corrected chi connectivity index (χ2v) is 2.40. The quantitative estimate of drug-likeness (QED) is 0.691. The predicted molar refractivity (Wildman–Crippen MR) is 37.7 cm³/mol. The SMILES string of the molecule is Cc1n[c-]nc(N)c1Br.[W]. The van der Waals surface area contributed by atoms with Crippen molar-refractivity contribution in [2.45, 2.75) is 6.92 Å². The van der Waals surface area contributed by atoms with E-state index in [1.807, 2.05) is 6.92 Å². The van der Waals surface area contributed by atoms with Crippen LogP contribution in [-0.4, -0.2) is 9.97 Å². The van der Waals surface area contributed by atoms with Gasteiger partial charge in [0, 0.05) is 33.2 Å². The largest absolute Gasteiger partial charge is 0.434 e. The first-order chi connectivity index (χ1) is 4.22. The molecular weight excluding hydrogens is 366 g/mol. The molecule has 1 aromatic heterocycles. The molecule has 0 saturated carbocycles. The molecule has 0 aliphatic carbocycles. The van der Waals surface area contributed by atoms with Gasteiger partial charge in [-0.1, -0.05) is 28.5 Å². The number of nitrogens with two attached hydrogens (primary N) is 1. The van der Waals surface area contributed by atoms with E-state index in [9.17, 15) is 0 Å². The fourth-order valence-electron chi connectivity index (χ4n) is 0.437. The fourth-order valence-corrected chi connectivity index (χ4v) is 0.615. The normalized spacial score (nSPS) is 8.60. The summed E-state index contributed by atoms with van der Waals surface area (Å²) in [5.74, 6) is 0.433. The minimum atomic E-state index is 0. The zero-order valence-electron chi connectivity index (χ0n) is 5.26. The predicted octanol–water partition coefficient (Wildman–Crippen LogP) is 0.927. The van der Waals surface area contributed by atoms with Gasteiger partial charge in [-0.15, -0.1) is 0 Å². The zero-order valence-corrected chi connectivity index (χ0v) is 9.78. The van der Waals surface area contributed by atoms with Crippen LogP contribution in [-0.2, 0) is 21.1 Å². The maximum absolute atomic E-state index is 5.39. The Morgan fingerprint density at radius 2 is 2.10 bits per heavy atom. The Morgan fingerprint density at radius 1 is 1.50 bits per heavy atom. The number of nitrogens with zero attached hydrogens (tertiary/aromatic N) is 2. The molecule has 0 bridgehead atoms. The van der Waals surface area contributed by atoms with E-state index in [4.69, 9.17) is 5.73 Å². The van der Waals surface area contributed by atoms with Crippen LogP contribution in [0, 0.1) is 13.3 Å². The minimum absolute atomic E-state index is 0. The van der Waals surface area contributed by atoms with Crippen LogP contribution >= 0.6 is 15.9 Å². The molecular formula is C5H5BrN3W-. The number of anilines is 1. The summed E-state index contributed by atoms with van der Waals surface area (Å²) in [6, 6.07) is 0. The molecule has 1 rings (SSSR count). The molecule has 5 heteroatoms. The maximum Gasteiger partial charge on any atom is 0.0264 e. The molecule has 0 atom stereocenters. The molecule has 54 valence electrons. The number of hydrogen-bond acceptors (Lipinski definition) is 3. The van der Waals surface area contributed by atoms with Gasteiger partial charge in [0.1, 0.15) is 0 Å². The summed E-state index contributed by atoms with van der Waals surface area (Å²) in [4.78, 5) is 7.41. The van der Waals surface area contributed by atoms with Gasteiger partial charge in [0.2, 0.25) is 0 Å². The summed E-state index contributed by atoms with van der Waals surface area (Å²) in [6.07, 6.45) is 2.41. The van der Waals surface area contributed by atoms with Crippen LogP contribution in [0.25, 0.3) is 0 Å². The molecule has 2 N–H and O–H groups in total. The molecule has 0 unspecified atom stereocenters. The first kappa shape index (κ1) is 10.0. The van der Waals surface area contributed by atoms with Crippen LogP contribution in [0.2, 0.25) is 0 Å². The van der Waals surface area contributed by atoms with Crippen molar-refractivity contribution in [3.63, 3.8) is 0 Å². The summed E-state index contributed by atoms with van der Waals surface area (Å²) < 4.78 is 0.751. The second kappa shape index (κ2) is 4.04. The summed E-state index contributed by atoms with van der Waals surface area (Å²) in [6.45, 7) is 1.83. The molecule has 0 amide bonds. The molecule has 10 heavy (non-hydrogen) atoms. The second-order valence-electron chi connectivity index (χ2n) is 1.61. The fraction of sp³-hybridized carbons (Fsp3) is 0.200. The number of aromatic nitrogens is 2. The van der Waals surface area contributed by atoms with Gasteiger partial charge < -0.3 is 15.7 Å². The van der Waals surface area contributed by atoms with Crippen LogP contribution in [0.15, 0.2) is 4.47 Å². The molecule has 1 aromatic rings. The van der Waals surface area contributed by atoms with Gasteiger partial charge in [-0.05, 0) is 4.47 Å². The van der Waals surface area contributed by atoms with Gasteiger partial charge in [0.25, 0.3) is 0 Å². The number of nitrogen functional groups attached to an aromatic ring is 1. The average Bonchev–Trinajstić information content (AvgIpc) is 1.83. The zero-order chi connectivity index (χ0) is 6.85. The van der Waals surface area contributed by atoms with E-state index >= 15 is 0 Å². The molecule has 0 saturated heterocycles. The standard InChI is InChI=1S/C5H5BrN3.W/c1-3-4(6)5(7)9-2-8-3;/h1H3,(H2,7,8,9);/q-1;. The van der Waals surface area contributed by atoms with Crippen molar-refractivity contribution in [3.8, 4) is 0 Å². The molecule has 0 fully saturated rings. The number of halogens is 1. The molecule has 0 spiro atoms. The van der Waals surface area contributed by atoms with Crippen LogP contribution in [0.4, 0.5) is 5.82 Å². The van der Waals surface area contributed by atoms with E-state index in [-0.39, 0.29) is 21.1 Å². The number of rotatable bonds is 0. The summed E-state index contributed by atoms with van der Waals surface area (Å²) in [5, 5.41) is 0. The van der Waals surface area contributed by atoms with Crippen LogP contribution in [0.5, 0.6) is 0 Å². The van der Waals surface area contributed by atoms with Crippen molar-refractivity contribution >= 4 is 21.7 Å². The van der Waals surface area contributed by atoms with Gasteiger partial charge in [-0.2, -0.15) is 0 Å². The topological polar surface area (TPSA) is 51.8 Å². The van der Waals surface area contributed by atoms with E-state index in [2.05, 4.69) is 32.2 Å².